The van der Waals surface area contributed by atoms with Gasteiger partial charge in [0, 0.05) is 23.0 Å². The van der Waals surface area contributed by atoms with Gasteiger partial charge in [-0.25, -0.2) is 4.98 Å². The second-order valence-corrected chi connectivity index (χ2v) is 5.93. The number of thiophene rings is 1. The number of nitrogens with two attached hydrogens (primary N) is 1. The van der Waals surface area contributed by atoms with Crippen molar-refractivity contribution in [3.8, 4) is 10.7 Å². The van der Waals surface area contributed by atoms with Crippen LogP contribution in [0.1, 0.15) is 11.1 Å². The van der Waals surface area contributed by atoms with Crippen molar-refractivity contribution in [1.29, 1.82) is 5.41 Å². The Morgan fingerprint density at radius 1 is 1.38 bits per heavy atom. The van der Waals surface area contributed by atoms with Crippen LogP contribution in [0.15, 0.2) is 48.1 Å². The van der Waals surface area contributed by atoms with Crippen molar-refractivity contribution in [3.63, 3.8) is 0 Å². The van der Waals surface area contributed by atoms with Crippen LogP contribution < -0.4 is 5.73 Å². The average molecular weight is 317 g/mol. The van der Waals surface area contributed by atoms with Gasteiger partial charge in [0.05, 0.1) is 11.4 Å². The standard InChI is InChI=1S/C15H13ClN4S/c16-12-8-10(14(17)18)3-4-11(12)9-20-6-5-19-15(20)13-2-1-7-21-13/h1-8H,9H2,(H3,17,18). The molecule has 6 heteroatoms. The molecule has 0 aliphatic heterocycles. The van der Waals surface area contributed by atoms with E-state index < -0.39 is 0 Å². The minimum atomic E-state index is 0.0188. The van der Waals surface area contributed by atoms with Gasteiger partial charge in [0.2, 0.25) is 0 Å². The van der Waals surface area contributed by atoms with Crippen LogP contribution in [0.5, 0.6) is 0 Å². The van der Waals surface area contributed by atoms with Crippen molar-refractivity contribution in [2.75, 3.05) is 0 Å². The topological polar surface area (TPSA) is 67.7 Å². The molecule has 4 nitrogen and oxygen atoms in total. The van der Waals surface area contributed by atoms with Crippen LogP contribution in [-0.2, 0) is 6.54 Å². The molecule has 21 heavy (non-hydrogen) atoms. The molecule has 0 saturated heterocycles. The minimum Gasteiger partial charge on any atom is -0.384 e. The third kappa shape index (κ3) is 2.84. The van der Waals surface area contributed by atoms with Crippen LogP contribution >= 0.6 is 22.9 Å². The molecule has 3 aromatic rings. The van der Waals surface area contributed by atoms with Crippen molar-refractivity contribution in [2.24, 2.45) is 5.73 Å². The van der Waals surface area contributed by atoms with Gasteiger partial charge in [0.1, 0.15) is 11.7 Å². The quantitative estimate of drug-likeness (QED) is 0.570. The summed E-state index contributed by atoms with van der Waals surface area (Å²) in [4.78, 5) is 5.53. The minimum absolute atomic E-state index is 0.0188. The van der Waals surface area contributed by atoms with Crippen molar-refractivity contribution in [1.82, 2.24) is 9.55 Å². The lowest BCUT2D eigenvalue weighted by molar-refractivity contribution is 0.809. The summed E-state index contributed by atoms with van der Waals surface area (Å²) >= 11 is 7.94. The van der Waals surface area contributed by atoms with E-state index in [-0.39, 0.29) is 5.84 Å². The fourth-order valence-corrected chi connectivity index (χ4v) is 3.07. The molecule has 1 aromatic carbocycles. The first-order chi connectivity index (χ1) is 10.1. The summed E-state index contributed by atoms with van der Waals surface area (Å²) in [5.74, 6) is 0.946. The van der Waals surface area contributed by atoms with E-state index >= 15 is 0 Å². The van der Waals surface area contributed by atoms with Crippen molar-refractivity contribution < 1.29 is 0 Å². The van der Waals surface area contributed by atoms with E-state index in [0.29, 0.717) is 17.1 Å². The summed E-state index contributed by atoms with van der Waals surface area (Å²) in [6, 6.07) is 9.49. The Balaban J connectivity index is 1.91. The first-order valence-corrected chi connectivity index (χ1v) is 7.59. The van der Waals surface area contributed by atoms with Crippen LogP contribution in [0.2, 0.25) is 5.02 Å². The summed E-state index contributed by atoms with van der Waals surface area (Å²) < 4.78 is 2.06. The number of halogens is 1. The molecule has 0 atom stereocenters. The van der Waals surface area contributed by atoms with Gasteiger partial charge in [-0.2, -0.15) is 0 Å². The molecule has 2 aromatic heterocycles. The Bertz CT molecular complexity index is 777. The highest BCUT2D eigenvalue weighted by atomic mass is 35.5. The lowest BCUT2D eigenvalue weighted by Crippen LogP contribution is -2.11. The highest BCUT2D eigenvalue weighted by Gasteiger charge is 2.10. The van der Waals surface area contributed by atoms with Gasteiger partial charge in [0.15, 0.2) is 0 Å². The Labute approximate surface area is 131 Å². The van der Waals surface area contributed by atoms with E-state index in [4.69, 9.17) is 22.7 Å². The van der Waals surface area contributed by atoms with E-state index in [1.807, 2.05) is 35.8 Å². The molecule has 2 heterocycles. The van der Waals surface area contributed by atoms with Crippen molar-refractivity contribution >= 4 is 28.8 Å². The first kappa shape index (κ1) is 13.9. The molecule has 0 bridgehead atoms. The number of amidine groups is 1. The third-order valence-corrected chi connectivity index (χ3v) is 4.38. The van der Waals surface area contributed by atoms with Crippen LogP contribution in [0.25, 0.3) is 10.7 Å². The Morgan fingerprint density at radius 2 is 2.24 bits per heavy atom. The van der Waals surface area contributed by atoms with Gasteiger partial charge >= 0.3 is 0 Å². The predicted octanol–water partition coefficient (Wildman–Crippen LogP) is 3.60. The van der Waals surface area contributed by atoms with Gasteiger partial charge in [-0.1, -0.05) is 29.8 Å². The third-order valence-electron chi connectivity index (χ3n) is 3.16. The predicted molar refractivity (Wildman–Crippen MR) is 87.1 cm³/mol. The number of imidazole rings is 1. The molecule has 0 spiro atoms. The van der Waals surface area contributed by atoms with Crippen LogP contribution in [-0.4, -0.2) is 15.4 Å². The molecular weight excluding hydrogens is 304 g/mol. The number of nitrogens with zero attached hydrogens (tertiary/aromatic N) is 2. The zero-order valence-corrected chi connectivity index (χ0v) is 12.7. The van der Waals surface area contributed by atoms with Gasteiger partial charge in [0.25, 0.3) is 0 Å². The summed E-state index contributed by atoms with van der Waals surface area (Å²) in [6.07, 6.45) is 3.72. The Morgan fingerprint density at radius 3 is 2.90 bits per heavy atom. The molecule has 0 radical (unpaired) electrons. The van der Waals surface area contributed by atoms with Gasteiger partial charge in [-0.05, 0) is 23.1 Å². The highest BCUT2D eigenvalue weighted by molar-refractivity contribution is 7.13. The van der Waals surface area contributed by atoms with Crippen molar-refractivity contribution in [3.05, 3.63) is 64.3 Å². The maximum Gasteiger partial charge on any atom is 0.150 e. The lowest BCUT2D eigenvalue weighted by atomic mass is 10.1. The molecule has 3 rings (SSSR count). The molecule has 0 aliphatic rings. The number of hydrogen-bond donors (Lipinski definition) is 2. The number of nitrogens with one attached hydrogen (secondary N) is 1. The monoisotopic (exact) mass is 316 g/mol. The lowest BCUT2D eigenvalue weighted by Gasteiger charge is -2.09. The van der Waals surface area contributed by atoms with E-state index in [1.165, 1.54) is 0 Å². The largest absolute Gasteiger partial charge is 0.384 e. The maximum atomic E-state index is 7.43. The molecule has 3 N–H and O–H groups in total. The smallest absolute Gasteiger partial charge is 0.150 e. The van der Waals surface area contributed by atoms with E-state index in [9.17, 15) is 0 Å². The maximum absolute atomic E-state index is 7.43. The van der Waals surface area contributed by atoms with Gasteiger partial charge in [-0.15, -0.1) is 11.3 Å². The van der Waals surface area contributed by atoms with E-state index in [0.717, 1.165) is 16.3 Å². The zero-order chi connectivity index (χ0) is 14.8. The average Bonchev–Trinajstić information content (AvgIpc) is 3.11. The number of benzene rings is 1. The summed E-state index contributed by atoms with van der Waals surface area (Å²) in [7, 11) is 0. The summed E-state index contributed by atoms with van der Waals surface area (Å²) in [6.45, 7) is 0.629. The fraction of sp³-hybridized carbons (Fsp3) is 0.0667. The molecular formula is C15H13ClN4S. The molecule has 0 amide bonds. The Kier molecular flexibility index (Phi) is 3.77. The fourth-order valence-electron chi connectivity index (χ4n) is 2.09. The van der Waals surface area contributed by atoms with Crippen LogP contribution in [0, 0.1) is 5.41 Å². The van der Waals surface area contributed by atoms with Crippen LogP contribution in [0.4, 0.5) is 0 Å². The zero-order valence-electron chi connectivity index (χ0n) is 11.1. The second kappa shape index (κ2) is 5.71. The SMILES string of the molecule is N=C(N)c1ccc(Cn2ccnc2-c2cccs2)c(Cl)c1. The van der Waals surface area contributed by atoms with E-state index in [2.05, 4.69) is 9.55 Å². The summed E-state index contributed by atoms with van der Waals surface area (Å²) in [5, 5.41) is 10.1. The summed E-state index contributed by atoms with van der Waals surface area (Å²) in [5.41, 5.74) is 7.07. The highest BCUT2D eigenvalue weighted by Crippen LogP contribution is 2.25. The molecule has 0 fully saturated rings. The Hall–Kier alpha value is -2.11. The van der Waals surface area contributed by atoms with Gasteiger partial charge in [-0.3, -0.25) is 5.41 Å². The molecule has 0 unspecified atom stereocenters. The normalized spacial score (nSPS) is 10.7. The molecule has 106 valence electrons. The molecule has 0 saturated carbocycles. The molecule has 0 aliphatic carbocycles. The first-order valence-electron chi connectivity index (χ1n) is 6.33. The van der Waals surface area contributed by atoms with Gasteiger partial charge < -0.3 is 10.3 Å². The second-order valence-electron chi connectivity index (χ2n) is 4.58. The number of rotatable bonds is 4. The number of aromatic nitrogens is 2. The van der Waals surface area contributed by atoms with Crippen molar-refractivity contribution in [2.45, 2.75) is 6.54 Å². The number of nitrogen functional groups attached to an aromatic ring is 1. The van der Waals surface area contributed by atoms with Crippen LogP contribution in [0.3, 0.4) is 0 Å². The number of hydrogen-bond acceptors (Lipinski definition) is 3. The van der Waals surface area contributed by atoms with E-state index in [1.54, 1.807) is 23.6 Å².